The van der Waals surface area contributed by atoms with E-state index in [0.717, 1.165) is 5.56 Å². The van der Waals surface area contributed by atoms with Gasteiger partial charge in [0.05, 0.1) is 19.9 Å². The smallest absolute Gasteiger partial charge is 0.257 e. The first-order valence-electron chi connectivity index (χ1n) is 9.20. The third-order valence-corrected chi connectivity index (χ3v) is 4.43. The predicted molar refractivity (Wildman–Crippen MR) is 120 cm³/mol. The monoisotopic (exact) mass is 422 g/mol. The Morgan fingerprint density at radius 3 is 2.43 bits per heavy atom. The molecule has 0 bridgehead atoms. The van der Waals surface area contributed by atoms with Crippen molar-refractivity contribution in [3.63, 3.8) is 0 Å². The SMILES string of the molecule is COc1ccc(NC(=S)NC(=O)c2cccc(OCc3ccccc3)c2)c(OC)c1. The number of nitrogens with one attached hydrogen (secondary N) is 2. The molecule has 0 aliphatic heterocycles. The molecule has 0 aliphatic rings. The maximum atomic E-state index is 12.6. The maximum Gasteiger partial charge on any atom is 0.257 e. The lowest BCUT2D eigenvalue weighted by Gasteiger charge is -2.14. The van der Waals surface area contributed by atoms with E-state index in [0.29, 0.717) is 35.1 Å². The zero-order chi connectivity index (χ0) is 21.3. The fourth-order valence-corrected chi connectivity index (χ4v) is 2.90. The van der Waals surface area contributed by atoms with E-state index >= 15 is 0 Å². The van der Waals surface area contributed by atoms with Gasteiger partial charge in [0.2, 0.25) is 0 Å². The predicted octanol–water partition coefficient (Wildman–Crippen LogP) is 4.41. The molecule has 2 N–H and O–H groups in total. The van der Waals surface area contributed by atoms with E-state index in [4.69, 9.17) is 26.4 Å². The number of hydrogen-bond donors (Lipinski definition) is 2. The Morgan fingerprint density at radius 1 is 0.900 bits per heavy atom. The lowest BCUT2D eigenvalue weighted by atomic mass is 10.2. The van der Waals surface area contributed by atoms with Crippen molar-refractivity contribution in [2.24, 2.45) is 0 Å². The molecule has 0 radical (unpaired) electrons. The molecule has 0 heterocycles. The van der Waals surface area contributed by atoms with E-state index in [1.165, 1.54) is 0 Å². The molecule has 154 valence electrons. The van der Waals surface area contributed by atoms with E-state index in [1.54, 1.807) is 56.7 Å². The fourth-order valence-electron chi connectivity index (χ4n) is 2.70. The number of ether oxygens (including phenoxy) is 3. The van der Waals surface area contributed by atoms with Crippen LogP contribution in [-0.4, -0.2) is 25.2 Å². The Kier molecular flexibility index (Phi) is 7.24. The van der Waals surface area contributed by atoms with Gasteiger partial charge >= 0.3 is 0 Å². The van der Waals surface area contributed by atoms with Crippen molar-refractivity contribution in [1.29, 1.82) is 0 Å². The molecule has 7 heteroatoms. The van der Waals surface area contributed by atoms with E-state index < -0.39 is 0 Å². The molecule has 0 aromatic heterocycles. The summed E-state index contributed by atoms with van der Waals surface area (Å²) in [5.41, 5.74) is 2.10. The Bertz CT molecular complexity index is 1020. The molecule has 1 amide bonds. The quantitative estimate of drug-likeness (QED) is 0.550. The summed E-state index contributed by atoms with van der Waals surface area (Å²) < 4.78 is 16.3. The van der Waals surface area contributed by atoms with Gasteiger partial charge in [-0.05, 0) is 48.1 Å². The van der Waals surface area contributed by atoms with Crippen LogP contribution in [-0.2, 0) is 6.61 Å². The molecule has 0 saturated heterocycles. The summed E-state index contributed by atoms with van der Waals surface area (Å²) in [6, 6.07) is 22.0. The van der Waals surface area contributed by atoms with Gasteiger partial charge in [-0.2, -0.15) is 0 Å². The average Bonchev–Trinajstić information content (AvgIpc) is 2.78. The average molecular weight is 423 g/mol. The van der Waals surface area contributed by atoms with Crippen LogP contribution in [0.15, 0.2) is 72.8 Å². The second-order valence-electron chi connectivity index (χ2n) is 6.28. The summed E-state index contributed by atoms with van der Waals surface area (Å²) in [6.45, 7) is 0.420. The minimum absolute atomic E-state index is 0.152. The van der Waals surface area contributed by atoms with E-state index in [-0.39, 0.29) is 11.0 Å². The van der Waals surface area contributed by atoms with Gasteiger partial charge in [0.15, 0.2) is 5.11 Å². The third-order valence-electron chi connectivity index (χ3n) is 4.23. The molecule has 3 aromatic carbocycles. The standard InChI is InChI=1S/C23H22N2O4S/c1-27-18-11-12-20(21(14-18)28-2)24-23(30)25-22(26)17-9-6-10-19(13-17)29-15-16-7-4-3-5-8-16/h3-14H,15H2,1-2H3,(H2,24,25,26,30). The lowest BCUT2D eigenvalue weighted by Crippen LogP contribution is -2.34. The lowest BCUT2D eigenvalue weighted by molar-refractivity contribution is 0.0977. The normalized spacial score (nSPS) is 10.1. The molecule has 0 saturated carbocycles. The van der Waals surface area contributed by atoms with Crippen LogP contribution in [0.2, 0.25) is 0 Å². The molecule has 3 aromatic rings. The Balaban J connectivity index is 1.61. The summed E-state index contributed by atoms with van der Waals surface area (Å²) in [5.74, 6) is 1.45. The van der Waals surface area contributed by atoms with Gasteiger partial charge < -0.3 is 19.5 Å². The van der Waals surface area contributed by atoms with Gasteiger partial charge in [-0.3, -0.25) is 10.1 Å². The van der Waals surface area contributed by atoms with Crippen LogP contribution in [0.1, 0.15) is 15.9 Å². The number of benzene rings is 3. The molecular formula is C23H22N2O4S. The van der Waals surface area contributed by atoms with Crippen molar-refractivity contribution >= 4 is 28.9 Å². The number of carbonyl (C=O) groups excluding carboxylic acids is 1. The van der Waals surface area contributed by atoms with Crippen LogP contribution in [0.3, 0.4) is 0 Å². The van der Waals surface area contributed by atoms with E-state index in [2.05, 4.69) is 10.6 Å². The highest BCUT2D eigenvalue weighted by atomic mass is 32.1. The van der Waals surface area contributed by atoms with E-state index in [1.807, 2.05) is 30.3 Å². The minimum Gasteiger partial charge on any atom is -0.497 e. The first kappa shape index (κ1) is 21.1. The van der Waals surface area contributed by atoms with Gasteiger partial charge in [-0.15, -0.1) is 0 Å². The second kappa shape index (κ2) is 10.3. The van der Waals surface area contributed by atoms with Crippen molar-refractivity contribution in [2.75, 3.05) is 19.5 Å². The summed E-state index contributed by atoms with van der Waals surface area (Å²) in [5, 5.41) is 5.78. The van der Waals surface area contributed by atoms with Crippen LogP contribution in [0.25, 0.3) is 0 Å². The number of amides is 1. The molecule has 0 spiro atoms. The molecule has 0 atom stereocenters. The van der Waals surface area contributed by atoms with Crippen LogP contribution in [0, 0.1) is 0 Å². The third kappa shape index (κ3) is 5.71. The number of rotatable bonds is 7. The highest BCUT2D eigenvalue weighted by molar-refractivity contribution is 7.80. The van der Waals surface area contributed by atoms with Crippen LogP contribution in [0.4, 0.5) is 5.69 Å². The number of anilines is 1. The summed E-state index contributed by atoms with van der Waals surface area (Å²) in [7, 11) is 3.12. The van der Waals surface area contributed by atoms with Gasteiger partial charge in [0.1, 0.15) is 23.9 Å². The molecule has 6 nitrogen and oxygen atoms in total. The molecular weight excluding hydrogens is 400 g/mol. The summed E-state index contributed by atoms with van der Waals surface area (Å²) in [4.78, 5) is 12.6. The fraction of sp³-hybridized carbons (Fsp3) is 0.130. The summed E-state index contributed by atoms with van der Waals surface area (Å²) >= 11 is 5.27. The van der Waals surface area contributed by atoms with Crippen molar-refractivity contribution < 1.29 is 19.0 Å². The van der Waals surface area contributed by atoms with Crippen molar-refractivity contribution in [3.05, 3.63) is 83.9 Å². The van der Waals surface area contributed by atoms with Crippen LogP contribution in [0.5, 0.6) is 17.2 Å². The Morgan fingerprint density at radius 2 is 1.70 bits per heavy atom. The van der Waals surface area contributed by atoms with Gasteiger partial charge in [0.25, 0.3) is 5.91 Å². The number of methoxy groups -OCH3 is 2. The van der Waals surface area contributed by atoms with Crippen molar-refractivity contribution in [1.82, 2.24) is 5.32 Å². The summed E-state index contributed by atoms with van der Waals surface area (Å²) in [6.07, 6.45) is 0. The number of carbonyl (C=O) groups is 1. The Hall–Kier alpha value is -3.58. The molecule has 0 unspecified atom stereocenters. The second-order valence-corrected chi connectivity index (χ2v) is 6.68. The topological polar surface area (TPSA) is 68.8 Å². The maximum absolute atomic E-state index is 12.6. The number of thiocarbonyl (C=S) groups is 1. The van der Waals surface area contributed by atoms with Gasteiger partial charge in [-0.1, -0.05) is 36.4 Å². The number of hydrogen-bond acceptors (Lipinski definition) is 5. The van der Waals surface area contributed by atoms with Crippen molar-refractivity contribution in [3.8, 4) is 17.2 Å². The minimum atomic E-state index is -0.342. The zero-order valence-corrected chi connectivity index (χ0v) is 17.5. The highest BCUT2D eigenvalue weighted by Crippen LogP contribution is 2.28. The highest BCUT2D eigenvalue weighted by Gasteiger charge is 2.11. The Labute approximate surface area is 180 Å². The first-order chi connectivity index (χ1) is 14.6. The van der Waals surface area contributed by atoms with Crippen molar-refractivity contribution in [2.45, 2.75) is 6.61 Å². The molecule has 3 rings (SSSR count). The van der Waals surface area contributed by atoms with Crippen LogP contribution < -0.4 is 24.8 Å². The molecule has 0 aliphatic carbocycles. The van der Waals surface area contributed by atoms with Crippen LogP contribution >= 0.6 is 12.2 Å². The first-order valence-corrected chi connectivity index (χ1v) is 9.61. The molecule has 30 heavy (non-hydrogen) atoms. The zero-order valence-electron chi connectivity index (χ0n) is 16.7. The van der Waals surface area contributed by atoms with E-state index in [9.17, 15) is 4.79 Å². The largest absolute Gasteiger partial charge is 0.497 e. The van der Waals surface area contributed by atoms with Gasteiger partial charge in [-0.25, -0.2) is 0 Å². The van der Waals surface area contributed by atoms with Gasteiger partial charge in [0, 0.05) is 11.6 Å². The molecule has 0 fully saturated rings.